The van der Waals surface area contributed by atoms with E-state index in [1.165, 1.54) is 16.3 Å². The molecule has 1 heterocycles. The van der Waals surface area contributed by atoms with Crippen molar-refractivity contribution < 1.29 is 14.4 Å². The Morgan fingerprint density at radius 1 is 0.971 bits per heavy atom. The van der Waals surface area contributed by atoms with Crippen molar-refractivity contribution in [1.82, 2.24) is 20.4 Å². The number of benzene rings is 2. The van der Waals surface area contributed by atoms with Gasteiger partial charge in [-0.25, -0.2) is 0 Å². The molecule has 0 bridgehead atoms. The minimum Gasteiger partial charge on any atom is -0.354 e. The number of aryl methyl sites for hydroxylation is 2. The number of carbonyl (C=O) groups excluding carboxylic acids is 3. The van der Waals surface area contributed by atoms with Gasteiger partial charge in [0.1, 0.15) is 11.8 Å². The predicted octanol–water partition coefficient (Wildman–Crippen LogP) is 4.12. The molecule has 3 aromatic rings. The highest BCUT2D eigenvalue weighted by atomic mass is 16.2. The number of amides is 2. The first-order valence-corrected chi connectivity index (χ1v) is 12.5. The van der Waals surface area contributed by atoms with Crippen LogP contribution < -0.4 is 10.6 Å². The summed E-state index contributed by atoms with van der Waals surface area (Å²) in [5.74, 6) is -0.161. The maximum absolute atomic E-state index is 13.0. The van der Waals surface area contributed by atoms with Gasteiger partial charge in [0.15, 0.2) is 0 Å². The average molecular weight is 477 g/mol. The molecular formula is C28H36N4O3. The Labute approximate surface area is 207 Å². The highest BCUT2D eigenvalue weighted by Gasteiger charge is 2.20. The summed E-state index contributed by atoms with van der Waals surface area (Å²) < 4.78 is 1.73. The van der Waals surface area contributed by atoms with Crippen LogP contribution in [0.1, 0.15) is 56.7 Å². The molecular weight excluding hydrogens is 440 g/mol. The zero-order valence-corrected chi connectivity index (χ0v) is 20.8. The summed E-state index contributed by atoms with van der Waals surface area (Å²) in [5, 5.41) is 12.6. The molecule has 7 heteroatoms. The molecule has 0 saturated heterocycles. The first kappa shape index (κ1) is 26.1. The fourth-order valence-electron chi connectivity index (χ4n) is 4.19. The van der Waals surface area contributed by atoms with Gasteiger partial charge in [-0.1, -0.05) is 55.3 Å². The molecule has 3 rings (SSSR count). The Morgan fingerprint density at radius 2 is 1.77 bits per heavy atom. The van der Waals surface area contributed by atoms with Gasteiger partial charge in [0.25, 0.3) is 0 Å². The highest BCUT2D eigenvalue weighted by molar-refractivity contribution is 5.88. The monoisotopic (exact) mass is 476 g/mol. The number of rotatable bonds is 14. The van der Waals surface area contributed by atoms with Crippen LogP contribution in [0.4, 0.5) is 0 Å². The lowest BCUT2D eigenvalue weighted by Crippen LogP contribution is -2.47. The molecule has 2 aromatic carbocycles. The summed E-state index contributed by atoms with van der Waals surface area (Å²) in [6.07, 6.45) is 6.33. The van der Waals surface area contributed by atoms with Crippen molar-refractivity contribution in [3.63, 3.8) is 0 Å². The smallest absolute Gasteiger partial charge is 0.242 e. The number of fused-ring (bicyclic) bond motifs is 1. The van der Waals surface area contributed by atoms with Crippen molar-refractivity contribution in [3.8, 4) is 0 Å². The first-order chi connectivity index (χ1) is 16.9. The molecule has 35 heavy (non-hydrogen) atoms. The predicted molar refractivity (Wildman–Crippen MR) is 138 cm³/mol. The van der Waals surface area contributed by atoms with E-state index in [1.54, 1.807) is 11.6 Å². The van der Waals surface area contributed by atoms with Crippen LogP contribution in [0.3, 0.4) is 0 Å². The summed E-state index contributed by atoms with van der Waals surface area (Å²) >= 11 is 0. The van der Waals surface area contributed by atoms with E-state index in [0.29, 0.717) is 32.4 Å². The molecule has 1 aromatic heterocycles. The van der Waals surface area contributed by atoms with Gasteiger partial charge >= 0.3 is 0 Å². The van der Waals surface area contributed by atoms with Crippen LogP contribution in [0.5, 0.6) is 0 Å². The SMILES string of the molecule is CC(=O)CCCCC[C@H](NC(=O)CCn1ccc(C)n1)C(=O)NCCc1cccc2ccccc12. The summed E-state index contributed by atoms with van der Waals surface area (Å²) in [7, 11) is 0. The van der Waals surface area contributed by atoms with Crippen molar-refractivity contribution in [1.29, 1.82) is 0 Å². The molecule has 0 unspecified atom stereocenters. The molecule has 0 aliphatic carbocycles. The van der Waals surface area contributed by atoms with Crippen molar-refractivity contribution in [2.45, 2.75) is 71.4 Å². The molecule has 7 nitrogen and oxygen atoms in total. The first-order valence-electron chi connectivity index (χ1n) is 12.5. The summed E-state index contributed by atoms with van der Waals surface area (Å²) in [6.45, 7) is 4.46. The second-order valence-corrected chi connectivity index (χ2v) is 9.07. The maximum atomic E-state index is 13.0. The standard InChI is InChI=1S/C28H36N4O3/c1-21-16-19-32(31-21)20-17-27(34)30-26(14-5-3-4-9-22(2)33)28(35)29-18-15-24-12-8-11-23-10-6-7-13-25(23)24/h6-8,10-13,16,19,26H,3-5,9,14-15,17-18,20H2,1-2H3,(H,29,35)(H,30,34)/t26-/m0/s1. The molecule has 0 aliphatic heterocycles. The third-order valence-electron chi connectivity index (χ3n) is 6.09. The third kappa shape index (κ3) is 8.67. The van der Waals surface area contributed by atoms with Gasteiger partial charge in [-0.05, 0) is 55.5 Å². The number of hydrogen-bond donors (Lipinski definition) is 2. The third-order valence-corrected chi connectivity index (χ3v) is 6.09. The summed E-state index contributed by atoms with van der Waals surface area (Å²) in [4.78, 5) is 36.7. The molecule has 186 valence electrons. The lowest BCUT2D eigenvalue weighted by molar-refractivity contribution is -0.129. The average Bonchev–Trinajstić information content (AvgIpc) is 3.26. The van der Waals surface area contributed by atoms with Gasteiger partial charge in [0, 0.05) is 32.1 Å². The Morgan fingerprint density at radius 3 is 2.54 bits per heavy atom. The van der Waals surface area contributed by atoms with E-state index in [2.05, 4.69) is 40.0 Å². The van der Waals surface area contributed by atoms with E-state index in [0.717, 1.165) is 25.0 Å². The normalized spacial score (nSPS) is 11.8. The molecule has 2 amide bonds. The quantitative estimate of drug-likeness (QED) is 0.342. The van der Waals surface area contributed by atoms with Crippen LogP contribution >= 0.6 is 0 Å². The van der Waals surface area contributed by atoms with E-state index < -0.39 is 6.04 Å². The van der Waals surface area contributed by atoms with Crippen molar-refractivity contribution in [3.05, 3.63) is 66.0 Å². The number of aromatic nitrogens is 2. The molecule has 0 aliphatic rings. The largest absolute Gasteiger partial charge is 0.354 e. The van der Waals surface area contributed by atoms with E-state index in [-0.39, 0.29) is 24.0 Å². The fraction of sp³-hybridized carbons (Fsp3) is 0.429. The molecule has 0 fully saturated rings. The molecule has 0 radical (unpaired) electrons. The van der Waals surface area contributed by atoms with Crippen LogP contribution in [0.15, 0.2) is 54.7 Å². The van der Waals surface area contributed by atoms with E-state index >= 15 is 0 Å². The zero-order valence-electron chi connectivity index (χ0n) is 20.8. The van der Waals surface area contributed by atoms with Gasteiger partial charge in [-0.15, -0.1) is 0 Å². The number of Topliss-reactive ketones (excluding diaryl/α,β-unsaturated/α-hetero) is 1. The number of nitrogens with one attached hydrogen (secondary N) is 2. The van der Waals surface area contributed by atoms with Gasteiger partial charge in [0.05, 0.1) is 5.69 Å². The number of unbranched alkanes of at least 4 members (excludes halogenated alkanes) is 2. The lowest BCUT2D eigenvalue weighted by Gasteiger charge is -2.19. The Hall–Kier alpha value is -3.48. The fourth-order valence-corrected chi connectivity index (χ4v) is 4.19. The van der Waals surface area contributed by atoms with E-state index in [4.69, 9.17) is 0 Å². The van der Waals surface area contributed by atoms with Gasteiger partial charge in [-0.2, -0.15) is 5.10 Å². The van der Waals surface area contributed by atoms with Crippen molar-refractivity contribution >= 4 is 28.4 Å². The minimum absolute atomic E-state index is 0.167. The number of hydrogen-bond acceptors (Lipinski definition) is 4. The number of ketones is 1. The van der Waals surface area contributed by atoms with Crippen LogP contribution in [0, 0.1) is 6.92 Å². The van der Waals surface area contributed by atoms with E-state index in [9.17, 15) is 14.4 Å². The second kappa shape index (κ2) is 13.4. The maximum Gasteiger partial charge on any atom is 0.242 e. The van der Waals surface area contributed by atoms with E-state index in [1.807, 2.05) is 37.4 Å². The second-order valence-electron chi connectivity index (χ2n) is 9.07. The summed E-state index contributed by atoms with van der Waals surface area (Å²) in [5.41, 5.74) is 2.09. The highest BCUT2D eigenvalue weighted by Crippen LogP contribution is 2.18. The topological polar surface area (TPSA) is 93.1 Å². The molecule has 0 spiro atoms. The Bertz CT molecular complexity index is 1130. The minimum atomic E-state index is -0.591. The summed E-state index contributed by atoms with van der Waals surface area (Å²) in [6, 6.07) is 15.7. The molecule has 1 atom stereocenters. The van der Waals surface area contributed by atoms with Crippen LogP contribution in [0.25, 0.3) is 10.8 Å². The number of nitrogens with zero attached hydrogens (tertiary/aromatic N) is 2. The van der Waals surface area contributed by atoms with Crippen molar-refractivity contribution in [2.75, 3.05) is 6.54 Å². The zero-order chi connectivity index (χ0) is 25.0. The van der Waals surface area contributed by atoms with Crippen LogP contribution in [0.2, 0.25) is 0 Å². The van der Waals surface area contributed by atoms with Crippen molar-refractivity contribution in [2.24, 2.45) is 0 Å². The Kier molecular flexibility index (Phi) is 10.0. The van der Waals surface area contributed by atoms with Gasteiger partial charge in [0.2, 0.25) is 11.8 Å². The molecule has 2 N–H and O–H groups in total. The van der Waals surface area contributed by atoms with Gasteiger partial charge < -0.3 is 15.4 Å². The number of carbonyl (C=O) groups is 3. The van der Waals surface area contributed by atoms with Gasteiger partial charge in [-0.3, -0.25) is 14.3 Å². The molecule has 0 saturated carbocycles. The lowest BCUT2D eigenvalue weighted by atomic mass is 10.0. The van der Waals surface area contributed by atoms with Crippen LogP contribution in [-0.2, 0) is 27.3 Å². The van der Waals surface area contributed by atoms with Crippen LogP contribution in [-0.4, -0.2) is 40.0 Å². The Balaban J connectivity index is 1.53.